The number of fused-ring (bicyclic) bond motifs is 1. The summed E-state index contributed by atoms with van der Waals surface area (Å²) >= 11 is 0. The van der Waals surface area contributed by atoms with Gasteiger partial charge in [0.25, 0.3) is 17.2 Å². The van der Waals surface area contributed by atoms with Crippen molar-refractivity contribution >= 4 is 17.0 Å². The topological polar surface area (TPSA) is 105 Å². The molecule has 2 aromatic carbocycles. The number of aryl methyl sites for hydroxylation is 1. The van der Waals surface area contributed by atoms with E-state index in [1.54, 1.807) is 6.92 Å². The zero-order valence-electron chi connectivity index (χ0n) is 19.4. The van der Waals surface area contributed by atoms with Crippen LogP contribution in [-0.4, -0.2) is 32.1 Å². The zero-order chi connectivity index (χ0) is 24.9. The summed E-state index contributed by atoms with van der Waals surface area (Å²) in [5, 5.41) is 13.4. The van der Waals surface area contributed by atoms with Crippen LogP contribution in [0.5, 0.6) is 0 Å². The van der Waals surface area contributed by atoms with E-state index in [1.807, 2.05) is 37.3 Å². The van der Waals surface area contributed by atoms with Crippen LogP contribution in [0.1, 0.15) is 53.2 Å². The second-order valence-corrected chi connectivity index (χ2v) is 8.13. The summed E-state index contributed by atoms with van der Waals surface area (Å²) in [5.74, 6) is -0.512. The van der Waals surface area contributed by atoms with E-state index in [0.717, 1.165) is 5.56 Å². The minimum absolute atomic E-state index is 0.0794. The van der Waals surface area contributed by atoms with Crippen molar-refractivity contribution in [1.29, 1.82) is 5.26 Å². The maximum Gasteiger partial charge on any atom is 0.267 e. The molecule has 4 rings (SSSR count). The van der Waals surface area contributed by atoms with E-state index in [4.69, 9.17) is 4.52 Å². The molecule has 1 unspecified atom stereocenters. The number of nitriles is 1. The summed E-state index contributed by atoms with van der Waals surface area (Å²) in [4.78, 5) is 33.2. The van der Waals surface area contributed by atoms with Gasteiger partial charge in [-0.15, -0.1) is 0 Å². The molecule has 1 atom stereocenters. The number of aromatic nitrogens is 3. The Kier molecular flexibility index (Phi) is 7.01. The van der Waals surface area contributed by atoms with E-state index >= 15 is 0 Å². The Hall–Kier alpha value is -4.32. The molecule has 0 fully saturated rings. The number of carbonyl (C=O) groups excluding carboxylic acids is 1. The number of rotatable bonds is 8. The van der Waals surface area contributed by atoms with Gasteiger partial charge in [0, 0.05) is 12.1 Å². The van der Waals surface area contributed by atoms with Gasteiger partial charge in [-0.25, -0.2) is 4.39 Å². The number of hydrogen-bond acceptors (Lipinski definition) is 6. The van der Waals surface area contributed by atoms with Crippen LogP contribution in [-0.2, 0) is 6.54 Å². The van der Waals surface area contributed by atoms with E-state index in [1.165, 1.54) is 33.7 Å². The molecule has 0 aliphatic heterocycles. The molecule has 2 aromatic heterocycles. The Bertz CT molecular complexity index is 1440. The van der Waals surface area contributed by atoms with Crippen LogP contribution in [0.15, 0.2) is 63.9 Å². The van der Waals surface area contributed by atoms with Gasteiger partial charge in [0.1, 0.15) is 17.0 Å². The average Bonchev–Trinajstić information content (AvgIpc) is 3.25. The fraction of sp³-hybridized carbons (Fsp3) is 0.269. The van der Waals surface area contributed by atoms with Gasteiger partial charge in [-0.1, -0.05) is 42.4 Å². The SMILES string of the molecule is CCC(c1nc2onc(C)c2c(=O)n1Cc1ccccc1)N(CCC#N)C(=O)c1ccc(F)cc1. The van der Waals surface area contributed by atoms with Crippen molar-refractivity contribution in [1.82, 2.24) is 19.6 Å². The van der Waals surface area contributed by atoms with Gasteiger partial charge in [-0.2, -0.15) is 10.2 Å². The minimum atomic E-state index is -0.646. The molecule has 4 aromatic rings. The Balaban J connectivity index is 1.87. The average molecular weight is 474 g/mol. The highest BCUT2D eigenvalue weighted by molar-refractivity contribution is 5.94. The van der Waals surface area contributed by atoms with Crippen molar-refractivity contribution in [2.45, 2.75) is 39.3 Å². The fourth-order valence-corrected chi connectivity index (χ4v) is 4.13. The number of amides is 1. The molecule has 0 saturated heterocycles. The van der Waals surface area contributed by atoms with Crippen molar-refractivity contribution in [3.8, 4) is 6.07 Å². The van der Waals surface area contributed by atoms with Gasteiger partial charge in [-0.3, -0.25) is 14.2 Å². The summed E-state index contributed by atoms with van der Waals surface area (Å²) in [6.45, 7) is 3.89. The van der Waals surface area contributed by atoms with Crippen LogP contribution in [0.4, 0.5) is 4.39 Å². The predicted octanol–water partition coefficient (Wildman–Crippen LogP) is 4.39. The van der Waals surface area contributed by atoms with Crippen molar-refractivity contribution in [3.05, 3.63) is 93.4 Å². The lowest BCUT2D eigenvalue weighted by atomic mass is 10.1. The van der Waals surface area contributed by atoms with Gasteiger partial charge in [-0.05, 0) is 43.2 Å². The Morgan fingerprint density at radius 2 is 1.91 bits per heavy atom. The Labute approximate surface area is 201 Å². The van der Waals surface area contributed by atoms with Gasteiger partial charge in [0.15, 0.2) is 0 Å². The Morgan fingerprint density at radius 1 is 1.20 bits per heavy atom. The lowest BCUT2D eigenvalue weighted by Gasteiger charge is -2.31. The highest BCUT2D eigenvalue weighted by atomic mass is 19.1. The van der Waals surface area contributed by atoms with Crippen LogP contribution in [0.2, 0.25) is 0 Å². The van der Waals surface area contributed by atoms with Crippen LogP contribution >= 0.6 is 0 Å². The monoisotopic (exact) mass is 473 g/mol. The third kappa shape index (κ3) is 4.82. The molecule has 178 valence electrons. The highest BCUT2D eigenvalue weighted by Gasteiger charge is 2.30. The lowest BCUT2D eigenvalue weighted by molar-refractivity contribution is 0.0661. The van der Waals surface area contributed by atoms with Crippen molar-refractivity contribution in [2.75, 3.05) is 6.54 Å². The molecule has 9 heteroatoms. The third-order valence-electron chi connectivity index (χ3n) is 5.86. The maximum absolute atomic E-state index is 13.6. The number of halogens is 1. The highest BCUT2D eigenvalue weighted by Crippen LogP contribution is 2.27. The second-order valence-electron chi connectivity index (χ2n) is 8.13. The first kappa shape index (κ1) is 23.8. The first-order valence-electron chi connectivity index (χ1n) is 11.3. The largest absolute Gasteiger partial charge is 0.335 e. The predicted molar refractivity (Wildman–Crippen MR) is 127 cm³/mol. The first-order valence-corrected chi connectivity index (χ1v) is 11.3. The van der Waals surface area contributed by atoms with E-state index in [0.29, 0.717) is 17.9 Å². The molecular weight excluding hydrogens is 449 g/mol. The van der Waals surface area contributed by atoms with Gasteiger partial charge in [0.2, 0.25) is 0 Å². The third-order valence-corrected chi connectivity index (χ3v) is 5.86. The molecular formula is C26H24FN5O3. The number of hydrogen-bond donors (Lipinski definition) is 0. The molecule has 0 aliphatic carbocycles. The van der Waals surface area contributed by atoms with E-state index in [9.17, 15) is 19.2 Å². The minimum Gasteiger partial charge on any atom is -0.335 e. The summed E-state index contributed by atoms with van der Waals surface area (Å²) in [7, 11) is 0. The summed E-state index contributed by atoms with van der Waals surface area (Å²) in [6, 6.07) is 16.1. The molecule has 0 radical (unpaired) electrons. The quantitative estimate of drug-likeness (QED) is 0.376. The number of nitrogens with zero attached hydrogens (tertiary/aromatic N) is 5. The van der Waals surface area contributed by atoms with Gasteiger partial charge in [0.05, 0.1) is 30.8 Å². The fourth-order valence-electron chi connectivity index (χ4n) is 4.13. The van der Waals surface area contributed by atoms with Crippen LogP contribution in [0.3, 0.4) is 0 Å². The summed E-state index contributed by atoms with van der Waals surface area (Å²) < 4.78 is 20.3. The lowest BCUT2D eigenvalue weighted by Crippen LogP contribution is -2.39. The zero-order valence-corrected chi connectivity index (χ0v) is 19.4. The van der Waals surface area contributed by atoms with E-state index < -0.39 is 11.9 Å². The smallest absolute Gasteiger partial charge is 0.267 e. The number of benzene rings is 2. The van der Waals surface area contributed by atoms with E-state index in [-0.39, 0.29) is 47.6 Å². The number of carbonyl (C=O) groups is 1. The van der Waals surface area contributed by atoms with Crippen molar-refractivity contribution < 1.29 is 13.7 Å². The van der Waals surface area contributed by atoms with Gasteiger partial charge < -0.3 is 9.42 Å². The van der Waals surface area contributed by atoms with Crippen molar-refractivity contribution in [2.24, 2.45) is 0 Å². The van der Waals surface area contributed by atoms with Gasteiger partial charge >= 0.3 is 0 Å². The molecule has 35 heavy (non-hydrogen) atoms. The summed E-state index contributed by atoms with van der Waals surface area (Å²) in [6.07, 6.45) is 0.494. The molecule has 2 heterocycles. The first-order chi connectivity index (χ1) is 16.9. The molecule has 1 amide bonds. The molecule has 8 nitrogen and oxygen atoms in total. The molecule has 0 saturated carbocycles. The maximum atomic E-state index is 13.6. The van der Waals surface area contributed by atoms with E-state index in [2.05, 4.69) is 16.2 Å². The molecule has 0 bridgehead atoms. The van der Waals surface area contributed by atoms with Crippen molar-refractivity contribution in [3.63, 3.8) is 0 Å². The standard InChI is InChI=1S/C26H24FN5O3/c1-3-21(31(15-7-14-28)25(33)19-10-12-20(27)13-11-19)23-29-24-22(17(2)30-35-24)26(34)32(23)16-18-8-5-4-6-9-18/h4-6,8-13,21H,3,7,15-16H2,1-2H3. The second kappa shape index (κ2) is 10.3. The molecule has 0 spiro atoms. The normalized spacial score (nSPS) is 11.8. The van der Waals surface area contributed by atoms with Crippen LogP contribution < -0.4 is 5.56 Å². The summed E-state index contributed by atoms with van der Waals surface area (Å²) in [5.41, 5.74) is 1.37. The van der Waals surface area contributed by atoms with Crippen LogP contribution in [0, 0.1) is 24.1 Å². The molecule has 0 aliphatic rings. The van der Waals surface area contributed by atoms with Crippen LogP contribution in [0.25, 0.3) is 11.1 Å². The Morgan fingerprint density at radius 3 is 2.57 bits per heavy atom. The molecule has 0 N–H and O–H groups in total.